The van der Waals surface area contributed by atoms with Crippen molar-refractivity contribution in [3.63, 3.8) is 0 Å². The van der Waals surface area contributed by atoms with Crippen molar-refractivity contribution in [3.8, 4) is 11.4 Å². The molecule has 0 saturated heterocycles. The van der Waals surface area contributed by atoms with Crippen molar-refractivity contribution < 1.29 is 22.1 Å². The molecule has 5 aromatic rings. The van der Waals surface area contributed by atoms with Crippen LogP contribution in [0, 0.1) is 5.82 Å². The summed E-state index contributed by atoms with van der Waals surface area (Å²) < 4.78 is 62.0. The largest absolute Gasteiger partial charge is 0.416 e. The lowest BCUT2D eigenvalue weighted by molar-refractivity contribution is -0.137. The fourth-order valence-electron chi connectivity index (χ4n) is 4.86. The molecule has 0 radical (unpaired) electrons. The highest BCUT2D eigenvalue weighted by Crippen LogP contribution is 2.34. The lowest BCUT2D eigenvalue weighted by Crippen LogP contribution is -2.20. The van der Waals surface area contributed by atoms with Crippen molar-refractivity contribution in [1.82, 2.24) is 14.7 Å². The van der Waals surface area contributed by atoms with Crippen LogP contribution in [0.1, 0.15) is 49.4 Å². The van der Waals surface area contributed by atoms with Gasteiger partial charge in [0.2, 0.25) is 17.1 Å². The standard InChI is InChI=1S/C31H28F4N4O2/c1-18(19-11-13-21(14-12-19)31(33,34)35)39-17-23(27(40)22-15-24(32)26(38(4)5)16-25(22)39)28-36-29(41-37-28)30(2,3)20-9-7-6-8-10-20/h6-18H,1-5H3. The molecule has 10 heteroatoms. The van der Waals surface area contributed by atoms with Crippen molar-refractivity contribution in [2.45, 2.75) is 38.4 Å². The zero-order chi connectivity index (χ0) is 29.7. The molecule has 0 fully saturated rings. The minimum Gasteiger partial charge on any atom is -0.375 e. The molecule has 1 unspecified atom stereocenters. The number of hydrogen-bond acceptors (Lipinski definition) is 5. The van der Waals surface area contributed by atoms with E-state index in [1.54, 1.807) is 42.7 Å². The number of aromatic nitrogens is 3. The number of anilines is 1. The van der Waals surface area contributed by atoms with Crippen LogP contribution in [0.3, 0.4) is 0 Å². The molecule has 0 bridgehead atoms. The van der Waals surface area contributed by atoms with Crippen LogP contribution in [-0.4, -0.2) is 28.8 Å². The first-order valence-electron chi connectivity index (χ1n) is 12.9. The summed E-state index contributed by atoms with van der Waals surface area (Å²) in [5.41, 5.74) is 0.300. The first kappa shape index (κ1) is 28.1. The molecule has 2 heterocycles. The highest BCUT2D eigenvalue weighted by Gasteiger charge is 2.32. The van der Waals surface area contributed by atoms with Crippen molar-refractivity contribution in [1.29, 1.82) is 0 Å². The molecule has 212 valence electrons. The van der Waals surface area contributed by atoms with E-state index in [-0.39, 0.29) is 28.4 Å². The van der Waals surface area contributed by atoms with Crippen molar-refractivity contribution in [3.05, 3.63) is 112 Å². The summed E-state index contributed by atoms with van der Waals surface area (Å²) in [7, 11) is 3.35. The first-order chi connectivity index (χ1) is 19.3. The number of hydrogen-bond donors (Lipinski definition) is 0. The molecule has 6 nitrogen and oxygen atoms in total. The minimum absolute atomic E-state index is 0.0290. The molecular weight excluding hydrogens is 536 g/mol. The number of nitrogens with zero attached hydrogens (tertiary/aromatic N) is 4. The van der Waals surface area contributed by atoms with Crippen molar-refractivity contribution in [2.24, 2.45) is 0 Å². The minimum atomic E-state index is -4.47. The molecule has 1 atom stereocenters. The van der Waals surface area contributed by atoms with Crippen molar-refractivity contribution >= 4 is 16.6 Å². The number of halogens is 4. The van der Waals surface area contributed by atoms with Crippen molar-refractivity contribution in [2.75, 3.05) is 19.0 Å². The summed E-state index contributed by atoms with van der Waals surface area (Å²) >= 11 is 0. The quantitative estimate of drug-likeness (QED) is 0.204. The third kappa shape index (κ3) is 5.10. The summed E-state index contributed by atoms with van der Waals surface area (Å²) in [6.07, 6.45) is -2.92. The van der Waals surface area contributed by atoms with Crippen LogP contribution in [0.5, 0.6) is 0 Å². The van der Waals surface area contributed by atoms with Gasteiger partial charge in [0, 0.05) is 25.7 Å². The van der Waals surface area contributed by atoms with Crippen LogP contribution in [0.2, 0.25) is 0 Å². The van der Waals surface area contributed by atoms with Crippen LogP contribution >= 0.6 is 0 Å². The van der Waals surface area contributed by atoms with E-state index in [9.17, 15) is 18.0 Å². The molecule has 0 aliphatic heterocycles. The Kier molecular flexibility index (Phi) is 6.97. The maximum atomic E-state index is 15.1. The van der Waals surface area contributed by atoms with Crippen LogP contribution in [0.15, 0.2) is 82.2 Å². The zero-order valence-electron chi connectivity index (χ0n) is 23.1. The Morgan fingerprint density at radius 3 is 2.22 bits per heavy atom. The molecule has 2 aromatic heterocycles. The van der Waals surface area contributed by atoms with Gasteiger partial charge in [0.25, 0.3) is 0 Å². The van der Waals surface area contributed by atoms with E-state index < -0.39 is 34.4 Å². The maximum absolute atomic E-state index is 15.1. The van der Waals surface area contributed by atoms with Crippen LogP contribution in [-0.2, 0) is 11.6 Å². The average molecular weight is 565 g/mol. The fraction of sp³-hybridized carbons (Fsp3) is 0.258. The molecule has 41 heavy (non-hydrogen) atoms. The third-order valence-electron chi connectivity index (χ3n) is 7.42. The van der Waals surface area contributed by atoms with Gasteiger partial charge in [-0.1, -0.05) is 47.6 Å². The zero-order valence-corrected chi connectivity index (χ0v) is 23.1. The molecule has 0 saturated carbocycles. The third-order valence-corrected chi connectivity index (χ3v) is 7.42. The second-order valence-corrected chi connectivity index (χ2v) is 10.7. The van der Waals surface area contributed by atoms with Gasteiger partial charge in [0.05, 0.1) is 33.8 Å². The number of fused-ring (bicyclic) bond motifs is 1. The lowest BCUT2D eigenvalue weighted by atomic mass is 9.84. The monoisotopic (exact) mass is 564 g/mol. The van der Waals surface area contributed by atoms with Gasteiger partial charge in [-0.05, 0) is 56.2 Å². The van der Waals surface area contributed by atoms with Gasteiger partial charge >= 0.3 is 6.18 Å². The Labute approximate surface area is 233 Å². The predicted octanol–water partition coefficient (Wildman–Crippen LogP) is 7.21. The lowest BCUT2D eigenvalue weighted by Gasteiger charge is -2.23. The molecule has 0 N–H and O–H groups in total. The molecule has 5 rings (SSSR count). The van der Waals surface area contributed by atoms with Crippen LogP contribution < -0.4 is 10.3 Å². The SMILES string of the molecule is CC(c1ccc(C(F)(F)F)cc1)n1cc(-c2noc(C(C)(C)c3ccccc3)n2)c(=O)c2cc(F)c(N(C)C)cc21. The summed E-state index contributed by atoms with van der Waals surface area (Å²) in [6.45, 7) is 5.63. The Morgan fingerprint density at radius 2 is 1.61 bits per heavy atom. The van der Waals surface area contributed by atoms with Gasteiger partial charge in [0.15, 0.2) is 0 Å². The summed E-state index contributed by atoms with van der Waals surface area (Å²) in [6, 6.07) is 16.6. The van der Waals surface area contributed by atoms with Gasteiger partial charge in [-0.25, -0.2) is 4.39 Å². The van der Waals surface area contributed by atoms with E-state index in [1.165, 1.54) is 18.2 Å². The molecule has 0 aliphatic rings. The van der Waals surface area contributed by atoms with Gasteiger partial charge in [-0.15, -0.1) is 0 Å². The average Bonchev–Trinajstić information content (AvgIpc) is 3.44. The van der Waals surface area contributed by atoms with Crippen LogP contribution in [0.4, 0.5) is 23.2 Å². The smallest absolute Gasteiger partial charge is 0.375 e. The van der Waals surface area contributed by atoms with E-state index in [2.05, 4.69) is 10.1 Å². The normalized spacial score (nSPS) is 13.0. The maximum Gasteiger partial charge on any atom is 0.416 e. The molecule has 0 aliphatic carbocycles. The topological polar surface area (TPSA) is 64.2 Å². The Balaban J connectivity index is 1.69. The van der Waals surface area contributed by atoms with Crippen LogP contribution in [0.25, 0.3) is 22.3 Å². The van der Waals surface area contributed by atoms with Gasteiger partial charge in [-0.2, -0.15) is 18.2 Å². The molecule has 0 amide bonds. The molecule has 3 aromatic carbocycles. The van der Waals surface area contributed by atoms with E-state index in [0.29, 0.717) is 11.1 Å². The number of pyridine rings is 1. The molecular formula is C31H28F4N4O2. The Hall–Kier alpha value is -4.47. The second kappa shape index (κ2) is 10.2. The fourth-order valence-corrected chi connectivity index (χ4v) is 4.86. The van der Waals surface area contributed by atoms with Gasteiger partial charge in [-0.3, -0.25) is 4.79 Å². The van der Waals surface area contributed by atoms with Gasteiger partial charge in [0.1, 0.15) is 5.82 Å². The highest BCUT2D eigenvalue weighted by atomic mass is 19.4. The summed E-state index contributed by atoms with van der Waals surface area (Å²) in [5, 5.41) is 4.18. The Bertz CT molecular complexity index is 1770. The number of benzene rings is 3. The molecule has 0 spiro atoms. The summed E-state index contributed by atoms with van der Waals surface area (Å²) in [5.74, 6) is -0.277. The summed E-state index contributed by atoms with van der Waals surface area (Å²) in [4.78, 5) is 19.9. The van der Waals surface area contributed by atoms with E-state index in [0.717, 1.165) is 17.7 Å². The van der Waals surface area contributed by atoms with E-state index in [1.807, 2.05) is 44.2 Å². The van der Waals surface area contributed by atoms with E-state index >= 15 is 4.39 Å². The number of alkyl halides is 3. The Morgan fingerprint density at radius 1 is 0.951 bits per heavy atom. The second-order valence-electron chi connectivity index (χ2n) is 10.7. The number of rotatable bonds is 6. The highest BCUT2D eigenvalue weighted by molar-refractivity contribution is 5.86. The first-order valence-corrected chi connectivity index (χ1v) is 12.9. The van der Waals surface area contributed by atoms with Gasteiger partial charge < -0.3 is 14.0 Å². The van der Waals surface area contributed by atoms with E-state index in [4.69, 9.17) is 4.52 Å². The predicted molar refractivity (Wildman–Crippen MR) is 150 cm³/mol.